The minimum absolute atomic E-state index is 0.229. The van der Waals surface area contributed by atoms with E-state index in [1.807, 2.05) is 6.08 Å². The molecule has 3 heterocycles. The van der Waals surface area contributed by atoms with Crippen LogP contribution in [0.5, 0.6) is 0 Å². The molecule has 0 radical (unpaired) electrons. The first-order valence-corrected chi connectivity index (χ1v) is 41.1. The minimum atomic E-state index is -1.99. The number of amides is 1. The molecular weight excluding hydrogens is 1320 g/mol. The van der Waals surface area contributed by atoms with Crippen molar-refractivity contribution in [3.05, 3.63) is 109 Å². The molecule has 3 saturated heterocycles. The van der Waals surface area contributed by atoms with Crippen molar-refractivity contribution < 1.29 is 89.4 Å². The van der Waals surface area contributed by atoms with Crippen LogP contribution in [0.2, 0.25) is 0 Å². The van der Waals surface area contributed by atoms with Crippen LogP contribution >= 0.6 is 0 Å². The summed E-state index contributed by atoms with van der Waals surface area (Å²) in [6, 6.07) is -1.00. The van der Waals surface area contributed by atoms with Gasteiger partial charge in [-0.1, -0.05) is 297 Å². The standard InChI is InChI=1S/C85H147NO18/c1-3-5-7-9-11-13-15-17-19-21-23-25-27-28-29-30-31-32-33-34-35-36-37-38-39-40-41-43-45-47-49-51-53-55-57-59-61-63-73(91)86-68(69(90)62-60-58-56-54-52-50-48-46-44-42-26-24-22-20-18-16-14-12-10-8-6-4-2)67-99-83-79(97)76(94)81(71(65-88)101-83)104-85-80(98)77(95)82(72(66-89)102-85)103-84-78(96)75(93)74(92)70(64-87)100-84/h5,7,11,13,17,19,23,25,28-29,31-32,44,46,52,54,60,62,68-72,74-85,87-90,92-98H,3-4,6,8-10,12,14-16,18,20-22,24,26-27,30,33-43,45,47-51,53,55-59,61,63-67H2,1-2H3,(H,86,91)/b7-5-,13-11-,19-17-,25-23-,29-28-,32-31-,46-44+,54-52+,62-60+. The maximum atomic E-state index is 13.5. The molecule has 19 nitrogen and oxygen atoms in total. The van der Waals surface area contributed by atoms with Gasteiger partial charge in [0, 0.05) is 6.42 Å². The molecule has 0 saturated carbocycles. The zero-order chi connectivity index (χ0) is 75.3. The summed E-state index contributed by atoms with van der Waals surface area (Å²) in [5, 5.41) is 121. The summed E-state index contributed by atoms with van der Waals surface area (Å²) in [5.41, 5.74) is 0. The van der Waals surface area contributed by atoms with Gasteiger partial charge in [0.2, 0.25) is 5.91 Å². The van der Waals surface area contributed by atoms with Crippen LogP contribution in [-0.2, 0) is 33.2 Å². The number of allylic oxidation sites excluding steroid dienone is 17. The van der Waals surface area contributed by atoms with Crippen molar-refractivity contribution in [1.29, 1.82) is 0 Å². The van der Waals surface area contributed by atoms with Gasteiger partial charge in [-0.25, -0.2) is 0 Å². The average molecular weight is 1470 g/mol. The van der Waals surface area contributed by atoms with E-state index in [-0.39, 0.29) is 18.9 Å². The summed E-state index contributed by atoms with van der Waals surface area (Å²) in [4.78, 5) is 13.5. The molecule has 0 spiro atoms. The van der Waals surface area contributed by atoms with Gasteiger partial charge in [0.25, 0.3) is 0 Å². The fourth-order valence-corrected chi connectivity index (χ4v) is 13.2. The lowest BCUT2D eigenvalue weighted by atomic mass is 9.96. The molecule has 0 aromatic heterocycles. The van der Waals surface area contributed by atoms with Crippen LogP contribution in [0, 0.1) is 0 Å². The zero-order valence-corrected chi connectivity index (χ0v) is 64.2. The Morgan fingerprint density at radius 2 is 0.673 bits per heavy atom. The summed E-state index contributed by atoms with van der Waals surface area (Å²) >= 11 is 0. The number of nitrogens with one attached hydrogen (secondary N) is 1. The molecule has 3 aliphatic heterocycles. The van der Waals surface area contributed by atoms with E-state index in [0.29, 0.717) is 12.8 Å². The van der Waals surface area contributed by atoms with Gasteiger partial charge in [0.1, 0.15) is 73.2 Å². The minimum Gasteiger partial charge on any atom is -0.394 e. The second-order valence-electron chi connectivity index (χ2n) is 28.8. The maximum Gasteiger partial charge on any atom is 0.220 e. The van der Waals surface area contributed by atoms with Gasteiger partial charge in [-0.15, -0.1) is 0 Å². The molecule has 0 aromatic rings. The SMILES string of the molecule is CC/C=C\C/C=C\C/C=C\C/C=C\C/C=C\C/C=C\CCCCCCCCCCCCCCCCCCCCC(=O)NC(COC1OC(CO)C(OC2OC(CO)C(OC3OC(CO)C(O)C(O)C3O)C(O)C2O)C(O)C1O)C(O)/C=C/CC/C=C/CC/C=C/CCCCCCCCCCCCCC. The number of aliphatic hydroxyl groups excluding tert-OH is 11. The van der Waals surface area contributed by atoms with Crippen molar-refractivity contribution in [1.82, 2.24) is 5.32 Å². The first-order chi connectivity index (χ1) is 50.8. The van der Waals surface area contributed by atoms with E-state index in [1.54, 1.807) is 6.08 Å². The highest BCUT2D eigenvalue weighted by Crippen LogP contribution is 2.33. The lowest BCUT2D eigenvalue weighted by Crippen LogP contribution is -2.66. The fraction of sp³-hybridized carbons (Fsp3) is 0.776. The Balaban J connectivity index is 1.35. The molecule has 0 bridgehead atoms. The van der Waals surface area contributed by atoms with Crippen LogP contribution in [0.25, 0.3) is 0 Å². The van der Waals surface area contributed by atoms with Gasteiger partial charge in [0.15, 0.2) is 18.9 Å². The lowest BCUT2D eigenvalue weighted by Gasteiger charge is -2.48. The largest absolute Gasteiger partial charge is 0.394 e. The third-order valence-electron chi connectivity index (χ3n) is 19.8. The van der Waals surface area contributed by atoms with Gasteiger partial charge in [-0.2, -0.15) is 0 Å². The highest BCUT2D eigenvalue weighted by molar-refractivity contribution is 5.76. The first kappa shape index (κ1) is 94.7. The Labute approximate surface area is 627 Å². The van der Waals surface area contributed by atoms with E-state index >= 15 is 0 Å². The molecule has 3 aliphatic rings. The van der Waals surface area contributed by atoms with E-state index in [9.17, 15) is 61.0 Å². The van der Waals surface area contributed by atoms with Crippen LogP contribution < -0.4 is 5.32 Å². The van der Waals surface area contributed by atoms with Crippen molar-refractivity contribution in [2.45, 2.75) is 394 Å². The van der Waals surface area contributed by atoms with Gasteiger partial charge >= 0.3 is 0 Å². The molecule has 0 aromatic carbocycles. The number of carbonyl (C=O) groups excluding carboxylic acids is 1. The van der Waals surface area contributed by atoms with Crippen molar-refractivity contribution in [3.63, 3.8) is 0 Å². The molecule has 0 aliphatic carbocycles. The second kappa shape index (κ2) is 64.3. The van der Waals surface area contributed by atoms with Gasteiger partial charge in [0.05, 0.1) is 38.6 Å². The van der Waals surface area contributed by atoms with Gasteiger partial charge in [-0.3, -0.25) is 4.79 Å². The topological polar surface area (TPSA) is 307 Å². The number of hydrogen-bond acceptors (Lipinski definition) is 18. The molecule has 12 N–H and O–H groups in total. The Bertz CT molecular complexity index is 2300. The molecule has 3 rings (SSSR count). The smallest absolute Gasteiger partial charge is 0.220 e. The quantitative estimate of drug-likeness (QED) is 0.0199. The number of carbonyl (C=O) groups is 1. The molecule has 3 fully saturated rings. The van der Waals surface area contributed by atoms with Crippen LogP contribution in [0.15, 0.2) is 109 Å². The summed E-state index contributed by atoms with van der Waals surface area (Å²) in [6.07, 6.45) is 62.2. The zero-order valence-electron chi connectivity index (χ0n) is 64.2. The van der Waals surface area contributed by atoms with Crippen molar-refractivity contribution >= 4 is 5.91 Å². The van der Waals surface area contributed by atoms with Crippen LogP contribution in [0.1, 0.15) is 290 Å². The lowest BCUT2D eigenvalue weighted by molar-refractivity contribution is -0.379. The number of rotatable bonds is 64. The van der Waals surface area contributed by atoms with Crippen molar-refractivity contribution in [2.24, 2.45) is 0 Å². The van der Waals surface area contributed by atoms with E-state index in [0.717, 1.165) is 83.5 Å². The van der Waals surface area contributed by atoms with E-state index in [2.05, 4.69) is 116 Å². The monoisotopic (exact) mass is 1470 g/mol. The van der Waals surface area contributed by atoms with E-state index in [4.69, 9.17) is 28.4 Å². The van der Waals surface area contributed by atoms with Gasteiger partial charge in [-0.05, 0) is 96.3 Å². The number of aliphatic hydroxyl groups is 11. The Morgan fingerprint density at radius 1 is 0.356 bits per heavy atom. The number of ether oxygens (including phenoxy) is 6. The summed E-state index contributed by atoms with van der Waals surface area (Å²) in [7, 11) is 0. The highest BCUT2D eigenvalue weighted by Gasteiger charge is 2.54. The Kier molecular flexibility index (Phi) is 58.5. The molecule has 17 unspecified atom stereocenters. The van der Waals surface area contributed by atoms with Gasteiger partial charge < -0.3 is 89.9 Å². The predicted octanol–water partition coefficient (Wildman–Crippen LogP) is 14.1. The third-order valence-corrected chi connectivity index (χ3v) is 19.8. The molecule has 600 valence electrons. The number of unbranched alkanes of at least 4 members (excludes halogenated alkanes) is 32. The summed E-state index contributed by atoms with van der Waals surface area (Å²) in [6.45, 7) is 1.61. The van der Waals surface area contributed by atoms with Crippen LogP contribution in [0.4, 0.5) is 0 Å². The normalized spacial score (nSPS) is 26.5. The fourth-order valence-electron chi connectivity index (χ4n) is 13.2. The highest BCUT2D eigenvalue weighted by atomic mass is 16.8. The van der Waals surface area contributed by atoms with Crippen molar-refractivity contribution in [2.75, 3.05) is 26.4 Å². The predicted molar refractivity (Wildman–Crippen MR) is 415 cm³/mol. The molecular formula is C85H147NO18. The molecule has 19 heteroatoms. The van der Waals surface area contributed by atoms with E-state index in [1.165, 1.54) is 173 Å². The number of hydrogen-bond donors (Lipinski definition) is 12. The Morgan fingerprint density at radius 3 is 1.08 bits per heavy atom. The summed E-state index contributed by atoms with van der Waals surface area (Å²) in [5.74, 6) is -0.289. The first-order valence-electron chi connectivity index (χ1n) is 41.1. The second-order valence-corrected chi connectivity index (χ2v) is 28.8. The van der Waals surface area contributed by atoms with E-state index < -0.39 is 124 Å². The maximum absolute atomic E-state index is 13.5. The average Bonchev–Trinajstić information content (AvgIpc) is 0.783. The molecule has 104 heavy (non-hydrogen) atoms. The molecule has 17 atom stereocenters. The van der Waals surface area contributed by atoms with Crippen LogP contribution in [0.3, 0.4) is 0 Å². The van der Waals surface area contributed by atoms with Crippen LogP contribution in [-0.4, -0.2) is 193 Å². The van der Waals surface area contributed by atoms with Crippen molar-refractivity contribution in [3.8, 4) is 0 Å². The molecule has 1 amide bonds. The third kappa shape index (κ3) is 43.6. The Hall–Kier alpha value is -3.55. The summed E-state index contributed by atoms with van der Waals surface area (Å²) < 4.78 is 34.4.